The van der Waals surface area contributed by atoms with Crippen LogP contribution in [0.5, 0.6) is 0 Å². The first-order valence-electron chi connectivity index (χ1n) is 7.67. The van der Waals surface area contributed by atoms with Gasteiger partial charge >= 0.3 is 0 Å². The second-order valence-corrected chi connectivity index (χ2v) is 7.39. The molecule has 0 saturated carbocycles. The van der Waals surface area contributed by atoms with Crippen molar-refractivity contribution in [3.63, 3.8) is 0 Å². The normalized spacial score (nSPS) is 10.5. The fourth-order valence-corrected chi connectivity index (χ4v) is 3.94. The zero-order valence-corrected chi connectivity index (χ0v) is 15.0. The van der Waals surface area contributed by atoms with E-state index < -0.39 is 0 Å². The molecule has 0 saturated heterocycles. The Kier molecular flexibility index (Phi) is 5.67. The van der Waals surface area contributed by atoms with Gasteiger partial charge in [0.2, 0.25) is 0 Å². The van der Waals surface area contributed by atoms with Gasteiger partial charge in [0, 0.05) is 22.6 Å². The zero-order chi connectivity index (χ0) is 16.8. The molecule has 3 rings (SSSR count). The highest BCUT2D eigenvalue weighted by Crippen LogP contribution is 2.26. The van der Waals surface area contributed by atoms with Crippen molar-refractivity contribution in [3.05, 3.63) is 81.8 Å². The van der Waals surface area contributed by atoms with Gasteiger partial charge in [0.05, 0.1) is 16.3 Å². The number of aromatic nitrogens is 1. The maximum atomic E-state index is 12.5. The van der Waals surface area contributed by atoms with Crippen molar-refractivity contribution in [2.75, 3.05) is 0 Å². The van der Waals surface area contributed by atoms with Gasteiger partial charge in [-0.2, -0.15) is 0 Å². The molecule has 0 aliphatic rings. The van der Waals surface area contributed by atoms with Crippen LogP contribution >= 0.6 is 23.1 Å². The van der Waals surface area contributed by atoms with Gasteiger partial charge in [-0.1, -0.05) is 42.5 Å². The number of nitrogens with zero attached hydrogens (tertiary/aromatic N) is 1. The van der Waals surface area contributed by atoms with Crippen LogP contribution in [0.25, 0.3) is 0 Å². The van der Waals surface area contributed by atoms with E-state index in [1.807, 2.05) is 61.5 Å². The van der Waals surface area contributed by atoms with Crippen LogP contribution in [0.1, 0.15) is 26.6 Å². The van der Waals surface area contributed by atoms with Gasteiger partial charge in [0.15, 0.2) is 0 Å². The Morgan fingerprint density at radius 3 is 2.62 bits per heavy atom. The Balaban J connectivity index is 1.65. The Hall–Kier alpha value is -2.11. The van der Waals surface area contributed by atoms with E-state index in [-0.39, 0.29) is 5.91 Å². The molecule has 0 unspecified atom stereocenters. The molecule has 1 N–H and O–H groups in total. The molecule has 2 aromatic carbocycles. The number of benzene rings is 2. The molecule has 5 heteroatoms. The number of thioether (sulfide) groups is 1. The second kappa shape index (κ2) is 8.13. The summed E-state index contributed by atoms with van der Waals surface area (Å²) in [7, 11) is 0. The van der Waals surface area contributed by atoms with E-state index in [4.69, 9.17) is 0 Å². The number of aryl methyl sites for hydroxylation is 1. The molecule has 0 atom stereocenters. The number of thiazole rings is 1. The molecule has 3 nitrogen and oxygen atoms in total. The molecule has 0 aliphatic heterocycles. The largest absolute Gasteiger partial charge is 0.348 e. The highest BCUT2D eigenvalue weighted by molar-refractivity contribution is 7.98. The van der Waals surface area contributed by atoms with Crippen LogP contribution in [0.4, 0.5) is 0 Å². The lowest BCUT2D eigenvalue weighted by Crippen LogP contribution is -2.23. The van der Waals surface area contributed by atoms with Crippen LogP contribution in [0.15, 0.2) is 64.9 Å². The monoisotopic (exact) mass is 354 g/mol. The molecule has 0 radical (unpaired) electrons. The first-order valence-corrected chi connectivity index (χ1v) is 9.54. The molecule has 122 valence electrons. The summed E-state index contributed by atoms with van der Waals surface area (Å²) in [4.78, 5) is 18.0. The van der Waals surface area contributed by atoms with Gasteiger partial charge in [-0.05, 0) is 24.6 Å². The minimum absolute atomic E-state index is 0.0450. The van der Waals surface area contributed by atoms with Crippen LogP contribution < -0.4 is 5.32 Å². The summed E-state index contributed by atoms with van der Waals surface area (Å²) in [6.45, 7) is 2.54. The minimum Gasteiger partial charge on any atom is -0.348 e. The Labute approximate surface area is 150 Å². The van der Waals surface area contributed by atoms with Gasteiger partial charge in [0.25, 0.3) is 5.91 Å². The third-order valence-corrected chi connectivity index (χ3v) is 5.40. The molecule has 3 aromatic rings. The topological polar surface area (TPSA) is 42.0 Å². The molecule has 0 bridgehead atoms. The number of hydrogen-bond donors (Lipinski definition) is 1. The molecular formula is C19H18N2OS2. The second-order valence-electron chi connectivity index (χ2n) is 5.31. The first kappa shape index (κ1) is 16.7. The summed E-state index contributed by atoms with van der Waals surface area (Å²) in [6.07, 6.45) is 0. The Bertz CT molecular complexity index is 815. The lowest BCUT2D eigenvalue weighted by Gasteiger charge is -2.09. The van der Waals surface area contributed by atoms with Crippen LogP contribution in [-0.4, -0.2) is 10.9 Å². The van der Waals surface area contributed by atoms with Gasteiger partial charge in [-0.25, -0.2) is 4.98 Å². The first-order chi connectivity index (χ1) is 11.7. The van der Waals surface area contributed by atoms with Crippen LogP contribution in [0, 0.1) is 6.92 Å². The zero-order valence-electron chi connectivity index (χ0n) is 13.4. The molecule has 0 aliphatic carbocycles. The summed E-state index contributed by atoms with van der Waals surface area (Å²) in [5.41, 5.74) is 2.86. The summed E-state index contributed by atoms with van der Waals surface area (Å²) >= 11 is 3.30. The van der Waals surface area contributed by atoms with Crippen molar-refractivity contribution >= 4 is 29.0 Å². The fraction of sp³-hybridized carbons (Fsp3) is 0.158. The quantitative estimate of drug-likeness (QED) is 0.654. The number of nitrogens with one attached hydrogen (secondary N) is 1. The van der Waals surface area contributed by atoms with Crippen molar-refractivity contribution in [3.8, 4) is 0 Å². The molecule has 1 aromatic heterocycles. The third-order valence-electron chi connectivity index (χ3n) is 3.47. The predicted molar refractivity (Wildman–Crippen MR) is 100 cm³/mol. The molecule has 0 spiro atoms. The molecule has 24 heavy (non-hydrogen) atoms. The minimum atomic E-state index is -0.0450. The van der Waals surface area contributed by atoms with Crippen LogP contribution in [0.2, 0.25) is 0 Å². The smallest absolute Gasteiger partial charge is 0.252 e. The van der Waals surface area contributed by atoms with E-state index in [2.05, 4.69) is 15.7 Å². The van der Waals surface area contributed by atoms with Crippen LogP contribution in [0.3, 0.4) is 0 Å². The van der Waals surface area contributed by atoms with E-state index >= 15 is 0 Å². The number of carbonyl (C=O) groups is 1. The highest BCUT2D eigenvalue weighted by atomic mass is 32.2. The average molecular weight is 354 g/mol. The van der Waals surface area contributed by atoms with E-state index in [9.17, 15) is 4.79 Å². The third kappa shape index (κ3) is 4.46. The van der Waals surface area contributed by atoms with E-state index in [1.54, 1.807) is 23.1 Å². The fourth-order valence-electron chi connectivity index (χ4n) is 2.28. The maximum absolute atomic E-state index is 12.5. The van der Waals surface area contributed by atoms with Crippen LogP contribution in [-0.2, 0) is 12.3 Å². The van der Waals surface area contributed by atoms with Crippen molar-refractivity contribution in [1.82, 2.24) is 10.3 Å². The Morgan fingerprint density at radius 2 is 1.88 bits per heavy atom. The van der Waals surface area contributed by atoms with Gasteiger partial charge in [0.1, 0.15) is 0 Å². The average Bonchev–Trinajstić information content (AvgIpc) is 3.04. The van der Waals surface area contributed by atoms with E-state index in [0.29, 0.717) is 12.1 Å². The van der Waals surface area contributed by atoms with Crippen molar-refractivity contribution < 1.29 is 4.79 Å². The maximum Gasteiger partial charge on any atom is 0.252 e. The molecular weight excluding hydrogens is 336 g/mol. The molecule has 1 amide bonds. The van der Waals surface area contributed by atoms with Crippen molar-refractivity contribution in [2.24, 2.45) is 0 Å². The van der Waals surface area contributed by atoms with Crippen molar-refractivity contribution in [2.45, 2.75) is 24.1 Å². The van der Waals surface area contributed by atoms with Gasteiger partial charge in [-0.3, -0.25) is 4.79 Å². The van der Waals surface area contributed by atoms with Gasteiger partial charge in [-0.15, -0.1) is 23.1 Å². The van der Waals surface area contributed by atoms with Crippen molar-refractivity contribution in [1.29, 1.82) is 0 Å². The lowest BCUT2D eigenvalue weighted by atomic mass is 10.2. The number of amides is 1. The summed E-state index contributed by atoms with van der Waals surface area (Å²) in [6, 6.07) is 17.6. The van der Waals surface area contributed by atoms with E-state index in [0.717, 1.165) is 26.9 Å². The summed E-state index contributed by atoms with van der Waals surface area (Å²) < 4.78 is 0. The molecule has 0 fully saturated rings. The number of carbonyl (C=O) groups excluding carboxylic acids is 1. The summed E-state index contributed by atoms with van der Waals surface area (Å²) in [5.74, 6) is 0.726. The Morgan fingerprint density at radius 1 is 1.12 bits per heavy atom. The predicted octanol–water partition coefficient (Wildman–Crippen LogP) is 4.67. The highest BCUT2D eigenvalue weighted by Gasteiger charge is 2.11. The number of rotatable bonds is 6. The lowest BCUT2D eigenvalue weighted by molar-refractivity contribution is 0.0948. The molecule has 1 heterocycles. The van der Waals surface area contributed by atoms with E-state index in [1.165, 1.54) is 0 Å². The SMILES string of the molecule is Cc1nc(CSc2ccccc2C(=O)NCc2ccccc2)cs1. The number of hydrogen-bond acceptors (Lipinski definition) is 4. The standard InChI is InChI=1S/C19H18N2OS2/c1-14-21-16(12-23-14)13-24-18-10-6-5-9-17(18)19(22)20-11-15-7-3-2-4-8-15/h2-10,12H,11,13H2,1H3,(H,20,22). The summed E-state index contributed by atoms with van der Waals surface area (Å²) in [5, 5.41) is 6.13. The van der Waals surface area contributed by atoms with Gasteiger partial charge < -0.3 is 5.32 Å².